The molecule has 0 saturated carbocycles. The van der Waals surface area contributed by atoms with Crippen LogP contribution in [-0.4, -0.2) is 17.1 Å². The Hall–Kier alpha value is -2.29. The summed E-state index contributed by atoms with van der Waals surface area (Å²) in [6, 6.07) is 14.5. The van der Waals surface area contributed by atoms with Crippen molar-refractivity contribution in [2.24, 2.45) is 0 Å². The van der Waals surface area contributed by atoms with Gasteiger partial charge in [-0.15, -0.1) is 0 Å². The maximum atomic E-state index is 5.17. The van der Waals surface area contributed by atoms with Gasteiger partial charge in [-0.25, -0.2) is 4.98 Å². The summed E-state index contributed by atoms with van der Waals surface area (Å²) >= 11 is 0. The van der Waals surface area contributed by atoms with Crippen LogP contribution < -0.4 is 4.74 Å². The van der Waals surface area contributed by atoms with Crippen molar-refractivity contribution in [2.45, 2.75) is 26.2 Å². The van der Waals surface area contributed by atoms with Crippen LogP contribution in [-0.2, 0) is 12.8 Å². The van der Waals surface area contributed by atoms with Crippen molar-refractivity contribution in [3.8, 4) is 5.75 Å². The molecule has 0 saturated heterocycles. The van der Waals surface area contributed by atoms with Crippen LogP contribution in [0.4, 0.5) is 0 Å². The summed E-state index contributed by atoms with van der Waals surface area (Å²) in [6.45, 7) is 2.10. The van der Waals surface area contributed by atoms with E-state index in [-0.39, 0.29) is 0 Å². The fraction of sp³-hybridized carbons (Fsp3) is 0.278. The molecule has 0 aliphatic carbocycles. The van der Waals surface area contributed by atoms with Crippen LogP contribution in [0.15, 0.2) is 42.5 Å². The zero-order valence-electron chi connectivity index (χ0n) is 12.5. The third kappa shape index (κ3) is 3.07. The van der Waals surface area contributed by atoms with Crippen LogP contribution in [0.2, 0.25) is 0 Å². The van der Waals surface area contributed by atoms with E-state index in [1.165, 1.54) is 11.1 Å². The Kier molecular flexibility index (Phi) is 3.91. The molecule has 21 heavy (non-hydrogen) atoms. The SMILES string of the molecule is COc1ccc(CCCc2nc3c(C)cccc3[nH]2)cc1. The molecular weight excluding hydrogens is 260 g/mol. The van der Waals surface area contributed by atoms with Gasteiger partial charge >= 0.3 is 0 Å². The molecule has 1 aromatic heterocycles. The van der Waals surface area contributed by atoms with Gasteiger partial charge in [-0.05, 0) is 49.1 Å². The molecule has 3 nitrogen and oxygen atoms in total. The molecule has 0 atom stereocenters. The maximum Gasteiger partial charge on any atom is 0.118 e. The van der Waals surface area contributed by atoms with Crippen LogP contribution in [0, 0.1) is 6.92 Å². The summed E-state index contributed by atoms with van der Waals surface area (Å²) in [7, 11) is 1.69. The van der Waals surface area contributed by atoms with Gasteiger partial charge in [-0.1, -0.05) is 24.3 Å². The van der Waals surface area contributed by atoms with Gasteiger partial charge in [0.1, 0.15) is 11.6 Å². The highest BCUT2D eigenvalue weighted by molar-refractivity contribution is 5.78. The van der Waals surface area contributed by atoms with E-state index in [2.05, 4.69) is 42.2 Å². The van der Waals surface area contributed by atoms with Crippen molar-refractivity contribution < 1.29 is 4.74 Å². The second kappa shape index (κ2) is 6.00. The van der Waals surface area contributed by atoms with Crippen LogP contribution in [0.25, 0.3) is 11.0 Å². The van der Waals surface area contributed by atoms with E-state index < -0.39 is 0 Å². The molecule has 1 N–H and O–H groups in total. The number of nitrogens with zero attached hydrogens (tertiary/aromatic N) is 1. The second-order valence-corrected chi connectivity index (χ2v) is 5.36. The monoisotopic (exact) mass is 280 g/mol. The Morgan fingerprint density at radius 3 is 2.57 bits per heavy atom. The first-order valence-electron chi connectivity index (χ1n) is 7.33. The molecule has 0 fully saturated rings. The molecule has 0 aliphatic heterocycles. The summed E-state index contributed by atoms with van der Waals surface area (Å²) < 4.78 is 5.17. The number of imidazole rings is 1. The minimum atomic E-state index is 0.909. The van der Waals surface area contributed by atoms with Gasteiger partial charge in [0.15, 0.2) is 0 Å². The molecule has 0 unspecified atom stereocenters. The number of benzene rings is 2. The van der Waals surface area contributed by atoms with E-state index in [1.807, 2.05) is 12.1 Å². The lowest BCUT2D eigenvalue weighted by molar-refractivity contribution is 0.414. The van der Waals surface area contributed by atoms with Crippen molar-refractivity contribution in [3.05, 3.63) is 59.4 Å². The van der Waals surface area contributed by atoms with Crippen molar-refractivity contribution >= 4 is 11.0 Å². The number of H-pyrrole nitrogens is 1. The maximum absolute atomic E-state index is 5.17. The fourth-order valence-corrected chi connectivity index (χ4v) is 2.60. The van der Waals surface area contributed by atoms with Crippen LogP contribution in [0.1, 0.15) is 23.4 Å². The van der Waals surface area contributed by atoms with Gasteiger partial charge in [-0.3, -0.25) is 0 Å². The van der Waals surface area contributed by atoms with Crippen molar-refractivity contribution in [1.82, 2.24) is 9.97 Å². The summed E-state index contributed by atoms with van der Waals surface area (Å²) in [4.78, 5) is 8.11. The molecule has 0 spiro atoms. The first kappa shape index (κ1) is 13.7. The Morgan fingerprint density at radius 2 is 1.86 bits per heavy atom. The molecule has 1 heterocycles. The first-order chi connectivity index (χ1) is 10.3. The number of para-hydroxylation sites is 1. The zero-order chi connectivity index (χ0) is 14.7. The Balaban J connectivity index is 1.62. The lowest BCUT2D eigenvalue weighted by Crippen LogP contribution is -1.92. The molecule has 108 valence electrons. The van der Waals surface area contributed by atoms with E-state index in [0.717, 1.165) is 41.9 Å². The zero-order valence-corrected chi connectivity index (χ0v) is 12.5. The second-order valence-electron chi connectivity index (χ2n) is 5.36. The average Bonchev–Trinajstić information content (AvgIpc) is 2.92. The third-order valence-corrected chi connectivity index (χ3v) is 3.80. The lowest BCUT2D eigenvalue weighted by atomic mass is 10.1. The van der Waals surface area contributed by atoms with E-state index in [0.29, 0.717) is 0 Å². The highest BCUT2D eigenvalue weighted by Crippen LogP contribution is 2.17. The minimum absolute atomic E-state index is 0.909. The van der Waals surface area contributed by atoms with Gasteiger partial charge < -0.3 is 9.72 Å². The van der Waals surface area contributed by atoms with Crippen molar-refractivity contribution in [3.63, 3.8) is 0 Å². The fourth-order valence-electron chi connectivity index (χ4n) is 2.60. The van der Waals surface area contributed by atoms with Gasteiger partial charge in [0, 0.05) is 6.42 Å². The van der Waals surface area contributed by atoms with Gasteiger partial charge in [0.05, 0.1) is 18.1 Å². The Labute approximate surface area is 125 Å². The normalized spacial score (nSPS) is 11.0. The summed E-state index contributed by atoms with van der Waals surface area (Å²) in [5.74, 6) is 1.99. The van der Waals surface area contributed by atoms with Gasteiger partial charge in [0.2, 0.25) is 0 Å². The highest BCUT2D eigenvalue weighted by Gasteiger charge is 2.04. The van der Waals surface area contributed by atoms with Crippen molar-refractivity contribution in [1.29, 1.82) is 0 Å². The number of fused-ring (bicyclic) bond motifs is 1. The number of methoxy groups -OCH3 is 1. The largest absolute Gasteiger partial charge is 0.497 e. The molecule has 0 radical (unpaired) electrons. The molecule has 3 rings (SSSR count). The number of aryl methyl sites for hydroxylation is 3. The van der Waals surface area contributed by atoms with Crippen molar-refractivity contribution in [2.75, 3.05) is 7.11 Å². The Bertz CT molecular complexity index is 729. The molecule has 0 bridgehead atoms. The predicted octanol–water partition coefficient (Wildman–Crippen LogP) is 4.06. The van der Waals surface area contributed by atoms with Crippen LogP contribution in [0.5, 0.6) is 5.75 Å². The molecule has 0 aliphatic rings. The number of hydrogen-bond donors (Lipinski definition) is 1. The summed E-state index contributed by atoms with van der Waals surface area (Å²) in [5, 5.41) is 0. The minimum Gasteiger partial charge on any atom is -0.497 e. The average molecular weight is 280 g/mol. The number of hydrogen-bond acceptors (Lipinski definition) is 2. The lowest BCUT2D eigenvalue weighted by Gasteiger charge is -2.02. The predicted molar refractivity (Wildman–Crippen MR) is 85.8 cm³/mol. The summed E-state index contributed by atoms with van der Waals surface area (Å²) in [5.41, 5.74) is 4.79. The van der Waals surface area contributed by atoms with E-state index >= 15 is 0 Å². The van der Waals surface area contributed by atoms with E-state index in [9.17, 15) is 0 Å². The molecule has 3 aromatic rings. The van der Waals surface area contributed by atoms with Crippen LogP contribution >= 0.6 is 0 Å². The Morgan fingerprint density at radius 1 is 1.05 bits per heavy atom. The number of rotatable bonds is 5. The topological polar surface area (TPSA) is 37.9 Å². The molecule has 2 aromatic carbocycles. The number of nitrogens with one attached hydrogen (secondary N) is 1. The van der Waals surface area contributed by atoms with Gasteiger partial charge in [-0.2, -0.15) is 0 Å². The summed E-state index contributed by atoms with van der Waals surface area (Å²) in [6.07, 6.45) is 3.12. The number of aromatic amines is 1. The van der Waals surface area contributed by atoms with Gasteiger partial charge in [0.25, 0.3) is 0 Å². The van der Waals surface area contributed by atoms with E-state index in [1.54, 1.807) is 7.11 Å². The quantitative estimate of drug-likeness (QED) is 0.765. The first-order valence-corrected chi connectivity index (χ1v) is 7.33. The number of aromatic nitrogens is 2. The molecular formula is C18H20N2O. The van der Waals surface area contributed by atoms with Crippen LogP contribution in [0.3, 0.4) is 0 Å². The number of ether oxygens (including phenoxy) is 1. The van der Waals surface area contributed by atoms with E-state index in [4.69, 9.17) is 9.72 Å². The molecule has 0 amide bonds. The molecule has 3 heteroatoms. The highest BCUT2D eigenvalue weighted by atomic mass is 16.5. The third-order valence-electron chi connectivity index (χ3n) is 3.80. The smallest absolute Gasteiger partial charge is 0.118 e. The standard InChI is InChI=1S/C18H20N2O/c1-13-5-3-7-16-18(13)20-17(19-16)8-4-6-14-9-11-15(21-2)12-10-14/h3,5,7,9-12H,4,6,8H2,1-2H3,(H,19,20).